The van der Waals surface area contributed by atoms with E-state index in [1.165, 1.54) is 0 Å². The Hall–Kier alpha value is -2.80. The Balaban J connectivity index is 2.07. The van der Waals surface area contributed by atoms with E-state index >= 15 is 0 Å². The van der Waals surface area contributed by atoms with E-state index in [2.05, 4.69) is 11.4 Å². The molecule has 0 saturated heterocycles. The fourth-order valence-corrected chi connectivity index (χ4v) is 1.81. The first-order chi connectivity index (χ1) is 9.74. The van der Waals surface area contributed by atoms with Crippen molar-refractivity contribution in [1.82, 2.24) is 0 Å². The predicted molar refractivity (Wildman–Crippen MR) is 77.0 cm³/mol. The third-order valence-corrected chi connectivity index (χ3v) is 2.88. The number of benzene rings is 2. The van der Waals surface area contributed by atoms with Gasteiger partial charge in [0.25, 0.3) is 0 Å². The van der Waals surface area contributed by atoms with Gasteiger partial charge in [-0.2, -0.15) is 5.26 Å². The third-order valence-electron chi connectivity index (χ3n) is 2.88. The summed E-state index contributed by atoms with van der Waals surface area (Å²) in [4.78, 5) is 12.1. The Kier molecular flexibility index (Phi) is 4.35. The van der Waals surface area contributed by atoms with E-state index in [-0.39, 0.29) is 12.3 Å². The van der Waals surface area contributed by atoms with E-state index in [1.54, 1.807) is 49.6 Å². The fourth-order valence-electron chi connectivity index (χ4n) is 1.81. The maximum atomic E-state index is 12.1. The lowest BCUT2D eigenvalue weighted by Gasteiger charge is -2.08. The minimum absolute atomic E-state index is 0.0587. The topological polar surface area (TPSA) is 62.1 Å². The van der Waals surface area contributed by atoms with Crippen LogP contribution in [0.4, 0.5) is 5.69 Å². The van der Waals surface area contributed by atoms with Gasteiger partial charge in [-0.3, -0.25) is 4.79 Å². The molecule has 0 fully saturated rings. The van der Waals surface area contributed by atoms with Crippen LogP contribution in [0.1, 0.15) is 15.9 Å². The SMILES string of the molecule is COc1cccc(C(=O)CNc2ccccc2C#N)c1. The van der Waals surface area contributed by atoms with Crippen LogP contribution in [-0.2, 0) is 0 Å². The van der Waals surface area contributed by atoms with Gasteiger partial charge in [0.2, 0.25) is 0 Å². The maximum absolute atomic E-state index is 12.1. The highest BCUT2D eigenvalue weighted by atomic mass is 16.5. The van der Waals surface area contributed by atoms with Crippen LogP contribution < -0.4 is 10.1 Å². The number of nitrogens with zero attached hydrogens (tertiary/aromatic N) is 1. The van der Waals surface area contributed by atoms with Crippen molar-refractivity contribution in [2.24, 2.45) is 0 Å². The summed E-state index contributed by atoms with van der Waals surface area (Å²) in [5, 5.41) is 12.0. The van der Waals surface area contributed by atoms with Crippen molar-refractivity contribution >= 4 is 11.5 Å². The number of anilines is 1. The molecule has 2 aromatic rings. The molecule has 100 valence electrons. The van der Waals surface area contributed by atoms with Gasteiger partial charge < -0.3 is 10.1 Å². The van der Waals surface area contributed by atoms with Crippen molar-refractivity contribution in [1.29, 1.82) is 5.26 Å². The monoisotopic (exact) mass is 266 g/mol. The second-order valence-corrected chi connectivity index (χ2v) is 4.17. The molecule has 0 aliphatic rings. The van der Waals surface area contributed by atoms with E-state index in [9.17, 15) is 4.79 Å². The second kappa shape index (κ2) is 6.39. The number of para-hydroxylation sites is 1. The fraction of sp³-hybridized carbons (Fsp3) is 0.125. The van der Waals surface area contributed by atoms with Crippen molar-refractivity contribution in [2.45, 2.75) is 0 Å². The Morgan fingerprint density at radius 3 is 2.80 bits per heavy atom. The lowest BCUT2D eigenvalue weighted by atomic mass is 10.1. The van der Waals surface area contributed by atoms with E-state index < -0.39 is 0 Å². The molecule has 0 radical (unpaired) electrons. The molecule has 1 N–H and O–H groups in total. The molecule has 2 rings (SSSR count). The zero-order valence-electron chi connectivity index (χ0n) is 11.1. The molecule has 4 nitrogen and oxygen atoms in total. The normalized spacial score (nSPS) is 9.60. The van der Waals surface area contributed by atoms with Crippen LogP contribution in [0.25, 0.3) is 0 Å². The highest BCUT2D eigenvalue weighted by molar-refractivity contribution is 5.99. The maximum Gasteiger partial charge on any atom is 0.181 e. The highest BCUT2D eigenvalue weighted by Crippen LogP contribution is 2.15. The minimum atomic E-state index is -0.0587. The predicted octanol–water partition coefficient (Wildman–Crippen LogP) is 2.86. The van der Waals surface area contributed by atoms with Crippen LogP contribution in [0.2, 0.25) is 0 Å². The molecule has 4 heteroatoms. The number of hydrogen-bond donors (Lipinski definition) is 1. The second-order valence-electron chi connectivity index (χ2n) is 4.17. The number of nitriles is 1. The standard InChI is InChI=1S/C16H14N2O2/c1-20-14-7-4-6-12(9-14)16(19)11-18-15-8-3-2-5-13(15)10-17/h2-9,18H,11H2,1H3. The molecule has 0 heterocycles. The molecule has 20 heavy (non-hydrogen) atoms. The van der Waals surface area contributed by atoms with Gasteiger partial charge >= 0.3 is 0 Å². The van der Waals surface area contributed by atoms with Crippen molar-refractivity contribution < 1.29 is 9.53 Å². The molecular weight excluding hydrogens is 252 g/mol. The van der Waals surface area contributed by atoms with Crippen LogP contribution >= 0.6 is 0 Å². The quantitative estimate of drug-likeness (QED) is 0.845. The smallest absolute Gasteiger partial charge is 0.181 e. The van der Waals surface area contributed by atoms with Gasteiger partial charge in [-0.05, 0) is 24.3 Å². The van der Waals surface area contributed by atoms with Crippen LogP contribution in [-0.4, -0.2) is 19.4 Å². The number of ether oxygens (including phenoxy) is 1. The first kappa shape index (κ1) is 13.6. The van der Waals surface area contributed by atoms with Gasteiger partial charge in [-0.1, -0.05) is 24.3 Å². The van der Waals surface area contributed by atoms with Gasteiger partial charge in [0.1, 0.15) is 11.8 Å². The van der Waals surface area contributed by atoms with Crippen LogP contribution in [0, 0.1) is 11.3 Å². The van der Waals surface area contributed by atoms with Gasteiger partial charge in [0.05, 0.1) is 24.9 Å². The van der Waals surface area contributed by atoms with Gasteiger partial charge in [0.15, 0.2) is 5.78 Å². The van der Waals surface area contributed by atoms with E-state index in [1.807, 2.05) is 6.07 Å². The molecular formula is C16H14N2O2. The summed E-state index contributed by atoms with van der Waals surface area (Å²) in [7, 11) is 1.56. The van der Waals surface area contributed by atoms with Crippen molar-refractivity contribution in [3.05, 3.63) is 59.7 Å². The molecule has 0 aromatic heterocycles. The summed E-state index contributed by atoms with van der Waals surface area (Å²) >= 11 is 0. The summed E-state index contributed by atoms with van der Waals surface area (Å²) in [6.45, 7) is 0.131. The molecule has 0 bridgehead atoms. The average Bonchev–Trinajstić information content (AvgIpc) is 2.52. The molecule has 0 unspecified atom stereocenters. The first-order valence-electron chi connectivity index (χ1n) is 6.15. The number of carbonyl (C=O) groups excluding carboxylic acids is 1. The van der Waals surface area contributed by atoms with Crippen LogP contribution in [0.5, 0.6) is 5.75 Å². The Bertz CT molecular complexity index is 660. The number of methoxy groups -OCH3 is 1. The zero-order valence-corrected chi connectivity index (χ0v) is 11.1. The summed E-state index contributed by atoms with van der Waals surface area (Å²) in [5.74, 6) is 0.588. The van der Waals surface area contributed by atoms with Crippen molar-refractivity contribution in [3.63, 3.8) is 0 Å². The molecule has 0 aliphatic heterocycles. The molecule has 0 atom stereocenters. The summed E-state index contributed by atoms with van der Waals surface area (Å²) in [6, 6.07) is 16.2. The molecule has 0 amide bonds. The third kappa shape index (κ3) is 3.15. The zero-order chi connectivity index (χ0) is 14.4. The highest BCUT2D eigenvalue weighted by Gasteiger charge is 2.08. The minimum Gasteiger partial charge on any atom is -0.497 e. The summed E-state index contributed by atoms with van der Waals surface area (Å²) < 4.78 is 5.09. The average molecular weight is 266 g/mol. The molecule has 0 saturated carbocycles. The Morgan fingerprint density at radius 2 is 2.05 bits per heavy atom. The lowest BCUT2D eigenvalue weighted by Crippen LogP contribution is -2.14. The Labute approximate surface area is 117 Å². The number of ketones is 1. The summed E-state index contributed by atoms with van der Waals surface area (Å²) in [5.41, 5.74) is 1.75. The van der Waals surface area contributed by atoms with Crippen LogP contribution in [0.3, 0.4) is 0 Å². The van der Waals surface area contributed by atoms with Gasteiger partial charge in [0, 0.05) is 5.56 Å². The van der Waals surface area contributed by atoms with E-state index in [0.717, 1.165) is 0 Å². The molecule has 2 aromatic carbocycles. The van der Waals surface area contributed by atoms with Gasteiger partial charge in [-0.25, -0.2) is 0 Å². The van der Waals surface area contributed by atoms with Crippen LogP contribution in [0.15, 0.2) is 48.5 Å². The first-order valence-corrected chi connectivity index (χ1v) is 6.15. The number of nitrogens with one attached hydrogen (secondary N) is 1. The number of Topliss-reactive ketones (excluding diaryl/α,β-unsaturated/α-hetero) is 1. The number of hydrogen-bond acceptors (Lipinski definition) is 4. The summed E-state index contributed by atoms with van der Waals surface area (Å²) in [6.07, 6.45) is 0. The Morgan fingerprint density at radius 1 is 1.25 bits per heavy atom. The van der Waals surface area contributed by atoms with Crippen molar-refractivity contribution in [2.75, 3.05) is 19.0 Å². The molecule has 0 aliphatic carbocycles. The number of carbonyl (C=O) groups is 1. The van der Waals surface area contributed by atoms with Crippen molar-refractivity contribution in [3.8, 4) is 11.8 Å². The van der Waals surface area contributed by atoms with E-state index in [4.69, 9.17) is 10.00 Å². The molecule has 0 spiro atoms. The van der Waals surface area contributed by atoms with E-state index in [0.29, 0.717) is 22.6 Å². The van der Waals surface area contributed by atoms with Gasteiger partial charge in [-0.15, -0.1) is 0 Å². The number of rotatable bonds is 5. The largest absolute Gasteiger partial charge is 0.497 e. The lowest BCUT2D eigenvalue weighted by molar-refractivity contribution is 0.101.